The summed E-state index contributed by atoms with van der Waals surface area (Å²) in [5.74, 6) is 0.0187. The second-order valence-electron chi connectivity index (χ2n) is 4.89. The molecule has 1 N–H and O–H groups in total. The summed E-state index contributed by atoms with van der Waals surface area (Å²) in [6.45, 7) is 1.82. The number of carbonyl (C=O) groups excluding carboxylic acids is 1. The predicted octanol–water partition coefficient (Wildman–Crippen LogP) is 2.90. The molecule has 2 aromatic rings. The second kappa shape index (κ2) is 7.20. The van der Waals surface area contributed by atoms with E-state index < -0.39 is 29.8 Å². The number of alkyl halides is 3. The van der Waals surface area contributed by atoms with Crippen molar-refractivity contribution in [2.75, 3.05) is 11.9 Å². The minimum atomic E-state index is -4.58. The molecule has 0 spiro atoms. The first-order valence-corrected chi connectivity index (χ1v) is 7.10. The summed E-state index contributed by atoms with van der Waals surface area (Å²) in [5.41, 5.74) is -1.23. The van der Waals surface area contributed by atoms with E-state index in [2.05, 4.69) is 5.32 Å². The van der Waals surface area contributed by atoms with Crippen LogP contribution in [0.2, 0.25) is 0 Å². The van der Waals surface area contributed by atoms with Gasteiger partial charge in [-0.3, -0.25) is 9.59 Å². The molecule has 1 heterocycles. The van der Waals surface area contributed by atoms with Gasteiger partial charge in [0, 0.05) is 18.0 Å². The first-order valence-electron chi connectivity index (χ1n) is 7.10. The normalized spacial score (nSPS) is 11.2. The van der Waals surface area contributed by atoms with E-state index in [1.807, 2.05) is 6.92 Å². The van der Waals surface area contributed by atoms with E-state index in [4.69, 9.17) is 4.74 Å². The largest absolute Gasteiger partial charge is 0.494 e. The lowest BCUT2D eigenvalue weighted by Crippen LogP contribution is -2.28. The molecule has 0 saturated heterocycles. The summed E-state index contributed by atoms with van der Waals surface area (Å²) in [7, 11) is 0. The zero-order valence-corrected chi connectivity index (χ0v) is 12.8. The highest BCUT2D eigenvalue weighted by Gasteiger charge is 2.31. The molecule has 0 unspecified atom stereocenters. The van der Waals surface area contributed by atoms with Crippen LogP contribution >= 0.6 is 0 Å². The number of hydrogen-bond donors (Lipinski definition) is 1. The molecule has 1 amide bonds. The molecular weight excluding hydrogens is 325 g/mol. The zero-order chi connectivity index (χ0) is 17.7. The van der Waals surface area contributed by atoms with E-state index in [0.29, 0.717) is 34.9 Å². The highest BCUT2D eigenvalue weighted by atomic mass is 19.4. The molecule has 1 aromatic heterocycles. The second-order valence-corrected chi connectivity index (χ2v) is 4.89. The topological polar surface area (TPSA) is 60.3 Å². The lowest BCUT2D eigenvalue weighted by molar-refractivity contribution is -0.138. The fraction of sp³-hybridized carbons (Fsp3) is 0.250. The Labute approximate surface area is 135 Å². The van der Waals surface area contributed by atoms with Crippen LogP contribution in [0.15, 0.2) is 47.4 Å². The highest BCUT2D eigenvalue weighted by molar-refractivity contribution is 5.90. The Morgan fingerprint density at radius 1 is 1.17 bits per heavy atom. The predicted molar refractivity (Wildman–Crippen MR) is 81.9 cm³/mol. The first kappa shape index (κ1) is 17.6. The van der Waals surface area contributed by atoms with Crippen molar-refractivity contribution in [3.63, 3.8) is 0 Å². The number of ether oxygens (including phenoxy) is 1. The Kier molecular flexibility index (Phi) is 5.28. The van der Waals surface area contributed by atoms with Gasteiger partial charge in [-0.05, 0) is 37.3 Å². The number of halogens is 3. The van der Waals surface area contributed by atoms with Crippen molar-refractivity contribution in [1.82, 2.24) is 4.57 Å². The molecular formula is C16H15F3N2O3. The van der Waals surface area contributed by atoms with E-state index in [1.54, 1.807) is 24.3 Å². The Balaban J connectivity index is 2.08. The smallest absolute Gasteiger partial charge is 0.417 e. The van der Waals surface area contributed by atoms with Gasteiger partial charge in [-0.1, -0.05) is 0 Å². The Bertz CT molecular complexity index is 767. The maximum atomic E-state index is 12.7. The van der Waals surface area contributed by atoms with Gasteiger partial charge in [0.15, 0.2) is 0 Å². The van der Waals surface area contributed by atoms with Crippen molar-refractivity contribution >= 4 is 11.6 Å². The van der Waals surface area contributed by atoms with Crippen molar-refractivity contribution in [2.24, 2.45) is 0 Å². The molecule has 0 atom stereocenters. The molecule has 24 heavy (non-hydrogen) atoms. The number of anilines is 1. The van der Waals surface area contributed by atoms with Crippen LogP contribution in [-0.2, 0) is 17.5 Å². The van der Waals surface area contributed by atoms with Crippen molar-refractivity contribution in [2.45, 2.75) is 19.6 Å². The van der Waals surface area contributed by atoms with Crippen LogP contribution in [-0.4, -0.2) is 17.1 Å². The van der Waals surface area contributed by atoms with Crippen LogP contribution in [0.1, 0.15) is 12.5 Å². The fourth-order valence-corrected chi connectivity index (χ4v) is 1.98. The highest BCUT2D eigenvalue weighted by Crippen LogP contribution is 2.28. The van der Waals surface area contributed by atoms with Crippen LogP contribution < -0.4 is 15.6 Å². The minimum absolute atomic E-state index is 0.448. The van der Waals surface area contributed by atoms with E-state index in [-0.39, 0.29) is 0 Å². The Morgan fingerprint density at radius 3 is 2.42 bits per heavy atom. The first-order chi connectivity index (χ1) is 11.3. The number of aromatic nitrogens is 1. The Hall–Kier alpha value is -2.77. The van der Waals surface area contributed by atoms with Gasteiger partial charge in [-0.25, -0.2) is 0 Å². The van der Waals surface area contributed by atoms with Crippen molar-refractivity contribution in [1.29, 1.82) is 0 Å². The van der Waals surface area contributed by atoms with Gasteiger partial charge >= 0.3 is 6.18 Å². The minimum Gasteiger partial charge on any atom is -0.494 e. The average Bonchev–Trinajstić information content (AvgIpc) is 2.50. The fourth-order valence-electron chi connectivity index (χ4n) is 1.98. The maximum absolute atomic E-state index is 12.7. The van der Waals surface area contributed by atoms with E-state index >= 15 is 0 Å². The summed E-state index contributed by atoms with van der Waals surface area (Å²) < 4.78 is 43.9. The van der Waals surface area contributed by atoms with Gasteiger partial charge < -0.3 is 14.6 Å². The Morgan fingerprint density at radius 2 is 1.83 bits per heavy atom. The standard InChI is InChI=1S/C16H15F3N2O3/c1-2-24-13-6-4-12(5-7-13)20-14(22)10-21-9-11(16(17,18)19)3-8-15(21)23/h3-9H,2,10H2,1H3,(H,20,22). The van der Waals surface area contributed by atoms with Crippen LogP contribution in [0.25, 0.3) is 0 Å². The third-order valence-corrected chi connectivity index (χ3v) is 3.07. The van der Waals surface area contributed by atoms with E-state index in [9.17, 15) is 22.8 Å². The zero-order valence-electron chi connectivity index (χ0n) is 12.8. The number of nitrogens with one attached hydrogen (secondary N) is 1. The number of nitrogens with zero attached hydrogens (tertiary/aromatic N) is 1. The summed E-state index contributed by atoms with van der Waals surface area (Å²) in [6.07, 6.45) is -3.96. The number of amides is 1. The third-order valence-electron chi connectivity index (χ3n) is 3.07. The molecule has 0 aliphatic rings. The number of hydrogen-bond acceptors (Lipinski definition) is 3. The van der Waals surface area contributed by atoms with E-state index in [0.717, 1.165) is 6.07 Å². The molecule has 2 rings (SSSR count). The molecule has 0 fully saturated rings. The van der Waals surface area contributed by atoms with Gasteiger partial charge in [0.05, 0.1) is 12.2 Å². The number of carbonyl (C=O) groups is 1. The van der Waals surface area contributed by atoms with Crippen LogP contribution in [0, 0.1) is 0 Å². The number of benzene rings is 1. The molecule has 1 aromatic carbocycles. The van der Waals surface area contributed by atoms with Crippen molar-refractivity contribution in [3.05, 3.63) is 58.5 Å². The maximum Gasteiger partial charge on any atom is 0.417 e. The molecule has 0 aliphatic heterocycles. The average molecular weight is 340 g/mol. The quantitative estimate of drug-likeness (QED) is 0.910. The van der Waals surface area contributed by atoms with Crippen LogP contribution in [0.4, 0.5) is 18.9 Å². The molecule has 0 bridgehead atoms. The number of rotatable bonds is 5. The molecule has 0 aliphatic carbocycles. The number of pyridine rings is 1. The summed E-state index contributed by atoms with van der Waals surface area (Å²) >= 11 is 0. The molecule has 0 radical (unpaired) electrons. The van der Waals surface area contributed by atoms with Crippen molar-refractivity contribution < 1.29 is 22.7 Å². The van der Waals surface area contributed by atoms with E-state index in [1.165, 1.54) is 0 Å². The summed E-state index contributed by atoms with van der Waals surface area (Å²) in [6, 6.07) is 7.96. The molecule has 0 saturated carbocycles. The van der Waals surface area contributed by atoms with Crippen molar-refractivity contribution in [3.8, 4) is 5.75 Å². The third kappa shape index (κ3) is 4.61. The summed E-state index contributed by atoms with van der Waals surface area (Å²) in [4.78, 5) is 23.5. The lowest BCUT2D eigenvalue weighted by atomic mass is 10.2. The van der Waals surface area contributed by atoms with Gasteiger partial charge in [0.1, 0.15) is 12.3 Å². The molecule has 5 nitrogen and oxygen atoms in total. The monoisotopic (exact) mass is 340 g/mol. The van der Waals surface area contributed by atoms with Crippen LogP contribution in [0.3, 0.4) is 0 Å². The van der Waals surface area contributed by atoms with Gasteiger partial charge in [0.2, 0.25) is 5.91 Å². The van der Waals surface area contributed by atoms with Gasteiger partial charge in [0.25, 0.3) is 5.56 Å². The van der Waals surface area contributed by atoms with Gasteiger partial charge in [-0.2, -0.15) is 13.2 Å². The summed E-state index contributed by atoms with van der Waals surface area (Å²) in [5, 5.41) is 2.51. The van der Waals surface area contributed by atoms with Crippen LogP contribution in [0.5, 0.6) is 5.75 Å². The SMILES string of the molecule is CCOc1ccc(NC(=O)Cn2cc(C(F)(F)F)ccc2=O)cc1. The molecule has 8 heteroatoms. The molecule has 128 valence electrons. The van der Waals surface area contributed by atoms with Gasteiger partial charge in [-0.15, -0.1) is 0 Å². The lowest BCUT2D eigenvalue weighted by Gasteiger charge is -2.11.